The van der Waals surface area contributed by atoms with Gasteiger partial charge in [0.2, 0.25) is 0 Å². The molecule has 0 bridgehead atoms. The number of ether oxygens (including phenoxy) is 1. The van der Waals surface area contributed by atoms with Crippen LogP contribution in [-0.4, -0.2) is 12.2 Å². The average molecular weight is 415 g/mol. The molecule has 5 aliphatic rings. The molecule has 0 aromatic carbocycles. The number of fused-ring (bicyclic) bond motifs is 5. The summed E-state index contributed by atoms with van der Waals surface area (Å²) >= 11 is 0. The van der Waals surface area contributed by atoms with Crippen LogP contribution < -0.4 is 0 Å². The molecule has 5 rings (SSSR count). The third kappa shape index (κ3) is 3.18. The van der Waals surface area contributed by atoms with Gasteiger partial charge in [-0.25, -0.2) is 0 Å². The Morgan fingerprint density at radius 3 is 2.30 bits per heavy atom. The molecule has 11 atom stereocenters. The topological polar surface area (TPSA) is 12.5 Å². The summed E-state index contributed by atoms with van der Waals surface area (Å²) in [7, 11) is 0. The molecule has 1 heteroatoms. The van der Waals surface area contributed by atoms with E-state index in [-0.39, 0.29) is 0 Å². The normalized spacial score (nSPS) is 52.3. The molecule has 0 aromatic rings. The standard InChI is InChI=1S/C29H50O/c1-7-21(18(2)3)27-26(30-27)19(4)23-13-14-24-22-12-11-20-10-8-9-16-28(20,5)25(22)15-17-29(23,24)6/h18-27H,7-17H2,1-6H3/t19-,20-,21-,22+,23-,24+,25+,26?,27?,28+,29-/m1/s1. The van der Waals surface area contributed by atoms with Gasteiger partial charge in [-0.05, 0) is 110 Å². The average Bonchev–Trinajstić information content (AvgIpc) is 3.40. The Hall–Kier alpha value is -0.0400. The van der Waals surface area contributed by atoms with E-state index in [4.69, 9.17) is 4.74 Å². The zero-order chi connectivity index (χ0) is 21.3. The van der Waals surface area contributed by atoms with Crippen LogP contribution in [0.1, 0.15) is 112 Å². The molecule has 0 aromatic heterocycles. The summed E-state index contributed by atoms with van der Waals surface area (Å²) in [5, 5.41) is 0. The zero-order valence-corrected chi connectivity index (χ0v) is 21.0. The molecule has 30 heavy (non-hydrogen) atoms. The van der Waals surface area contributed by atoms with Gasteiger partial charge in [0.25, 0.3) is 0 Å². The maximum atomic E-state index is 6.42. The van der Waals surface area contributed by atoms with E-state index in [0.29, 0.717) is 23.0 Å². The third-order valence-electron chi connectivity index (χ3n) is 12.1. The van der Waals surface area contributed by atoms with Crippen LogP contribution in [0.3, 0.4) is 0 Å². The van der Waals surface area contributed by atoms with Gasteiger partial charge in [0, 0.05) is 0 Å². The Labute approximate surface area is 187 Å². The van der Waals surface area contributed by atoms with Gasteiger partial charge in [0.05, 0.1) is 12.2 Å². The van der Waals surface area contributed by atoms with Crippen LogP contribution in [0, 0.1) is 58.2 Å². The highest BCUT2D eigenvalue weighted by atomic mass is 16.6. The number of rotatable bonds is 5. The number of hydrogen-bond acceptors (Lipinski definition) is 1. The molecule has 0 N–H and O–H groups in total. The van der Waals surface area contributed by atoms with Crippen molar-refractivity contribution < 1.29 is 4.74 Å². The van der Waals surface area contributed by atoms with Crippen LogP contribution >= 0.6 is 0 Å². The van der Waals surface area contributed by atoms with Crippen LogP contribution in [0.25, 0.3) is 0 Å². The predicted octanol–water partition coefficient (Wildman–Crippen LogP) is 8.12. The largest absolute Gasteiger partial charge is 0.369 e. The summed E-state index contributed by atoms with van der Waals surface area (Å²) in [4.78, 5) is 0. The maximum Gasteiger partial charge on any atom is 0.0875 e. The molecule has 1 heterocycles. The zero-order valence-electron chi connectivity index (χ0n) is 21.0. The fourth-order valence-electron chi connectivity index (χ4n) is 10.4. The second-order valence-corrected chi connectivity index (χ2v) is 13.4. The molecule has 172 valence electrons. The lowest BCUT2D eigenvalue weighted by atomic mass is 9.44. The lowest BCUT2D eigenvalue weighted by Gasteiger charge is -2.60. The van der Waals surface area contributed by atoms with Crippen molar-refractivity contribution in [1.82, 2.24) is 0 Å². The Bertz CT molecular complexity index is 626. The smallest absolute Gasteiger partial charge is 0.0875 e. The van der Waals surface area contributed by atoms with Gasteiger partial charge in [-0.15, -0.1) is 0 Å². The predicted molar refractivity (Wildman–Crippen MR) is 126 cm³/mol. The third-order valence-corrected chi connectivity index (χ3v) is 12.1. The molecule has 0 spiro atoms. The molecule has 4 saturated carbocycles. The van der Waals surface area contributed by atoms with E-state index >= 15 is 0 Å². The monoisotopic (exact) mass is 414 g/mol. The lowest BCUT2D eigenvalue weighted by Crippen LogP contribution is -2.53. The van der Waals surface area contributed by atoms with Crippen molar-refractivity contribution in [1.29, 1.82) is 0 Å². The Morgan fingerprint density at radius 2 is 1.57 bits per heavy atom. The van der Waals surface area contributed by atoms with E-state index in [1.807, 2.05) is 0 Å². The number of hydrogen-bond donors (Lipinski definition) is 0. The van der Waals surface area contributed by atoms with Crippen molar-refractivity contribution in [2.24, 2.45) is 58.2 Å². The first-order chi connectivity index (χ1) is 14.3. The van der Waals surface area contributed by atoms with Gasteiger partial charge in [-0.2, -0.15) is 0 Å². The van der Waals surface area contributed by atoms with E-state index in [9.17, 15) is 0 Å². The minimum atomic E-state index is 0.556. The second-order valence-electron chi connectivity index (χ2n) is 13.4. The van der Waals surface area contributed by atoms with E-state index in [1.165, 1.54) is 57.8 Å². The highest BCUT2D eigenvalue weighted by Crippen LogP contribution is 2.68. The van der Waals surface area contributed by atoms with E-state index in [1.54, 1.807) is 12.8 Å². The molecule has 1 aliphatic heterocycles. The summed E-state index contributed by atoms with van der Waals surface area (Å²) in [5.41, 5.74) is 1.27. The molecule has 0 radical (unpaired) electrons. The molecular formula is C29H50O. The van der Waals surface area contributed by atoms with Crippen molar-refractivity contribution in [3.05, 3.63) is 0 Å². The first-order valence-electron chi connectivity index (χ1n) is 14.0. The fraction of sp³-hybridized carbons (Fsp3) is 1.00. The van der Waals surface area contributed by atoms with Crippen molar-refractivity contribution >= 4 is 0 Å². The second kappa shape index (κ2) is 7.78. The first-order valence-corrected chi connectivity index (χ1v) is 14.0. The van der Waals surface area contributed by atoms with Gasteiger partial charge >= 0.3 is 0 Å². The Balaban J connectivity index is 1.31. The van der Waals surface area contributed by atoms with Gasteiger partial charge in [-0.1, -0.05) is 60.8 Å². The van der Waals surface area contributed by atoms with Crippen LogP contribution in [0.2, 0.25) is 0 Å². The molecule has 5 fully saturated rings. The number of epoxide rings is 1. The Kier molecular flexibility index (Phi) is 5.65. The van der Waals surface area contributed by atoms with Gasteiger partial charge in [0.15, 0.2) is 0 Å². The maximum absolute atomic E-state index is 6.42. The molecule has 1 saturated heterocycles. The summed E-state index contributed by atoms with van der Waals surface area (Å²) in [6.07, 6.45) is 17.6. The molecule has 0 amide bonds. The van der Waals surface area contributed by atoms with Crippen LogP contribution in [0.15, 0.2) is 0 Å². The fourth-order valence-corrected chi connectivity index (χ4v) is 10.4. The van der Waals surface area contributed by atoms with E-state index < -0.39 is 0 Å². The van der Waals surface area contributed by atoms with Crippen molar-refractivity contribution in [3.8, 4) is 0 Å². The van der Waals surface area contributed by atoms with Gasteiger partial charge in [0.1, 0.15) is 0 Å². The van der Waals surface area contributed by atoms with Crippen LogP contribution in [0.4, 0.5) is 0 Å². The quantitative estimate of drug-likeness (QED) is 0.414. The molecule has 1 nitrogen and oxygen atoms in total. The van der Waals surface area contributed by atoms with E-state index in [2.05, 4.69) is 41.5 Å². The molecular weight excluding hydrogens is 364 g/mol. The van der Waals surface area contributed by atoms with Crippen molar-refractivity contribution in [3.63, 3.8) is 0 Å². The minimum absolute atomic E-state index is 0.556. The first kappa shape index (κ1) is 21.8. The lowest BCUT2D eigenvalue weighted by molar-refractivity contribution is -0.114. The van der Waals surface area contributed by atoms with Gasteiger partial charge in [-0.3, -0.25) is 0 Å². The molecule has 2 unspecified atom stereocenters. The highest BCUT2D eigenvalue weighted by molar-refractivity contribution is 5.11. The SMILES string of the molecule is CC[C@H](C(C)C)C1OC1[C@H](C)[C@H]1CC[C@H]2[C@@H]3CC[C@H]4CCCC[C@]4(C)[C@H]3CC[C@]12C. The summed E-state index contributed by atoms with van der Waals surface area (Å²) in [5.74, 6) is 7.32. The summed E-state index contributed by atoms with van der Waals surface area (Å²) in [6.45, 7) is 15.2. The summed E-state index contributed by atoms with van der Waals surface area (Å²) < 4.78 is 6.42. The van der Waals surface area contributed by atoms with E-state index in [0.717, 1.165) is 47.3 Å². The van der Waals surface area contributed by atoms with Crippen LogP contribution in [-0.2, 0) is 4.74 Å². The minimum Gasteiger partial charge on any atom is -0.369 e. The highest BCUT2D eigenvalue weighted by Gasteiger charge is 2.62. The van der Waals surface area contributed by atoms with Crippen LogP contribution in [0.5, 0.6) is 0 Å². The summed E-state index contributed by atoms with van der Waals surface area (Å²) in [6, 6.07) is 0. The van der Waals surface area contributed by atoms with Gasteiger partial charge < -0.3 is 4.74 Å². The van der Waals surface area contributed by atoms with Crippen molar-refractivity contribution in [2.75, 3.05) is 0 Å². The molecule has 4 aliphatic carbocycles. The Morgan fingerprint density at radius 1 is 0.800 bits per heavy atom. The van der Waals surface area contributed by atoms with Crippen molar-refractivity contribution in [2.45, 2.75) is 124 Å².